The molecule has 6 aliphatic rings. The summed E-state index contributed by atoms with van der Waals surface area (Å²) in [7, 11) is 0. The molecule has 3 aliphatic carbocycles. The number of rotatable bonds is 9. The lowest BCUT2D eigenvalue weighted by Crippen LogP contribution is -2.53. The van der Waals surface area contributed by atoms with E-state index in [0.29, 0.717) is 47.9 Å². The number of piperazine rings is 1. The lowest BCUT2D eigenvalue weighted by molar-refractivity contribution is -0.131. The second-order valence-electron chi connectivity index (χ2n) is 17.1. The van der Waals surface area contributed by atoms with Crippen LogP contribution in [-0.2, 0) is 15.1 Å². The summed E-state index contributed by atoms with van der Waals surface area (Å²) in [5.41, 5.74) is 6.49. The molecule has 3 saturated heterocycles. The number of hydrogen-bond acceptors (Lipinski definition) is 11. The van der Waals surface area contributed by atoms with Crippen molar-refractivity contribution in [3.05, 3.63) is 66.2 Å². The summed E-state index contributed by atoms with van der Waals surface area (Å²) in [5, 5.41) is 21.0. The molecule has 0 radical (unpaired) electrons. The van der Waals surface area contributed by atoms with Gasteiger partial charge in [-0.2, -0.15) is 5.26 Å². The second-order valence-corrected chi connectivity index (χ2v) is 17.5. The molecule has 1 unspecified atom stereocenters. The summed E-state index contributed by atoms with van der Waals surface area (Å²) >= 11 is 6.71. The predicted molar refractivity (Wildman–Crippen MR) is 219 cm³/mol. The molecule has 4 amide bonds. The standard InChI is InChI=1S/C42H50ClN11O4/c43-32-6-2-5-11-42(32,28-44)58-41(9-3-1-4-10-41)31-23-34(48-49-37(31)38(45)56)52-16-12-40(13-17-52)24-29(25-40)27-50-18-20-51(21-19-50)30-7-14-53-33(22-30)46-26-36(53)54-15-8-35(55)47-39(54)57/h2,5-7,11,14,22-23,26,29,32H,1,3-4,8-10,12-13,15-21,24-25,27H2,(H2,45,56)(H,47,55,57)/t32?,42-/m1/s1. The van der Waals surface area contributed by atoms with E-state index < -0.39 is 28.5 Å². The number of imidazole rings is 1. The molecule has 3 aliphatic heterocycles. The summed E-state index contributed by atoms with van der Waals surface area (Å²) in [6.45, 7) is 7.06. The highest BCUT2D eigenvalue weighted by Gasteiger charge is 2.50. The minimum Gasteiger partial charge on any atom is -0.369 e. The number of aromatic nitrogens is 4. The zero-order chi connectivity index (χ0) is 40.1. The molecule has 3 aromatic heterocycles. The van der Waals surface area contributed by atoms with Crippen molar-refractivity contribution < 1.29 is 19.1 Å². The van der Waals surface area contributed by atoms with Crippen molar-refractivity contribution in [2.45, 2.75) is 80.8 Å². The van der Waals surface area contributed by atoms with Crippen LogP contribution in [0.1, 0.15) is 80.3 Å². The van der Waals surface area contributed by atoms with Crippen molar-refractivity contribution in [3.63, 3.8) is 0 Å². The van der Waals surface area contributed by atoms with Gasteiger partial charge in [0.1, 0.15) is 17.5 Å². The number of allylic oxidation sites excluding steroid dienone is 2. The number of halogens is 1. The van der Waals surface area contributed by atoms with E-state index in [0.717, 1.165) is 89.3 Å². The molecule has 3 aromatic rings. The van der Waals surface area contributed by atoms with E-state index in [9.17, 15) is 19.6 Å². The molecule has 15 nitrogen and oxygen atoms in total. The Morgan fingerprint density at radius 3 is 2.47 bits per heavy atom. The molecular weight excluding hydrogens is 758 g/mol. The SMILES string of the molecule is N#C[C@]1(OC2(c3cc(N4CCC5(CC4)CC(CN4CCN(c6ccn7c(N8CCC(=O)NC8=O)cnc7c6)CC4)C5)nnc3C(N)=O)CCCCC2)C=CC=CC1Cl. The number of nitrogens with two attached hydrogens (primary N) is 1. The number of carbonyl (C=O) groups is 3. The number of nitrogens with one attached hydrogen (secondary N) is 1. The molecule has 6 heterocycles. The molecule has 9 rings (SSSR count). The van der Waals surface area contributed by atoms with E-state index in [2.05, 4.69) is 53.4 Å². The highest BCUT2D eigenvalue weighted by molar-refractivity contribution is 6.23. The van der Waals surface area contributed by atoms with Crippen LogP contribution in [0.4, 0.5) is 22.1 Å². The van der Waals surface area contributed by atoms with E-state index in [1.807, 2.05) is 22.7 Å². The topological polar surface area (TPSA) is 178 Å². The maximum absolute atomic E-state index is 12.8. The minimum absolute atomic E-state index is 0.0921. The van der Waals surface area contributed by atoms with Crippen molar-refractivity contribution in [1.29, 1.82) is 5.26 Å². The van der Waals surface area contributed by atoms with Crippen molar-refractivity contribution in [1.82, 2.24) is 29.8 Å². The smallest absolute Gasteiger partial charge is 0.329 e. The van der Waals surface area contributed by atoms with Crippen LogP contribution in [-0.4, -0.2) is 106 Å². The molecule has 1 spiro atoms. The highest BCUT2D eigenvalue weighted by Crippen LogP contribution is 2.53. The Labute approximate surface area is 342 Å². The van der Waals surface area contributed by atoms with E-state index in [1.54, 1.807) is 29.3 Å². The van der Waals surface area contributed by atoms with Gasteiger partial charge in [0.25, 0.3) is 5.91 Å². The lowest BCUT2D eigenvalue weighted by atomic mass is 9.57. The Balaban J connectivity index is 0.797. The zero-order valence-electron chi connectivity index (χ0n) is 32.7. The Morgan fingerprint density at radius 1 is 0.983 bits per heavy atom. The number of urea groups is 1. The molecule has 304 valence electrons. The van der Waals surface area contributed by atoms with Crippen LogP contribution in [0.25, 0.3) is 5.65 Å². The number of piperidine rings is 1. The van der Waals surface area contributed by atoms with Crippen LogP contribution >= 0.6 is 11.6 Å². The summed E-state index contributed by atoms with van der Waals surface area (Å²) in [6, 6.07) is 8.01. The number of nitriles is 1. The van der Waals surface area contributed by atoms with Crippen molar-refractivity contribution in [3.8, 4) is 6.07 Å². The number of primary amides is 1. The molecular formula is C42H50ClN11O4. The third kappa shape index (κ3) is 7.09. The van der Waals surface area contributed by atoms with Gasteiger partial charge in [-0.1, -0.05) is 37.5 Å². The summed E-state index contributed by atoms with van der Waals surface area (Å²) in [6.07, 6.45) is 19.6. The second kappa shape index (κ2) is 15.3. The van der Waals surface area contributed by atoms with E-state index in [1.165, 1.54) is 12.8 Å². The fourth-order valence-corrected chi connectivity index (χ4v) is 10.6. The number of imide groups is 1. The number of hydrogen-bond donors (Lipinski definition) is 2. The third-order valence-electron chi connectivity index (χ3n) is 13.5. The van der Waals surface area contributed by atoms with Crippen LogP contribution in [0.3, 0.4) is 0 Å². The average Bonchev–Trinajstić information content (AvgIpc) is 3.65. The predicted octanol–water partition coefficient (Wildman–Crippen LogP) is 4.66. The van der Waals surface area contributed by atoms with Gasteiger partial charge in [-0.15, -0.1) is 21.8 Å². The molecule has 3 N–H and O–H groups in total. The van der Waals surface area contributed by atoms with Crippen molar-refractivity contribution >= 4 is 52.4 Å². The van der Waals surface area contributed by atoms with Gasteiger partial charge in [-0.05, 0) is 68.1 Å². The molecule has 0 aromatic carbocycles. The Hall–Kier alpha value is -5.04. The van der Waals surface area contributed by atoms with E-state index in [4.69, 9.17) is 22.1 Å². The Kier molecular flexibility index (Phi) is 10.1. The van der Waals surface area contributed by atoms with Gasteiger partial charge >= 0.3 is 6.03 Å². The maximum atomic E-state index is 12.8. The van der Waals surface area contributed by atoms with Gasteiger partial charge in [0.2, 0.25) is 5.91 Å². The lowest BCUT2D eigenvalue weighted by Gasteiger charge is -2.54. The number of alkyl halides is 1. The quantitative estimate of drug-likeness (QED) is 0.288. The highest BCUT2D eigenvalue weighted by atomic mass is 35.5. The molecule has 58 heavy (non-hydrogen) atoms. The number of nitrogens with zero attached hydrogens (tertiary/aromatic N) is 9. The van der Waals surface area contributed by atoms with Crippen LogP contribution in [0.15, 0.2) is 54.9 Å². The minimum atomic E-state index is -1.39. The fourth-order valence-electron chi connectivity index (χ4n) is 10.3. The number of amides is 4. The van der Waals surface area contributed by atoms with Crippen LogP contribution < -0.4 is 25.8 Å². The van der Waals surface area contributed by atoms with Gasteiger partial charge in [0, 0.05) is 82.3 Å². The first-order chi connectivity index (χ1) is 28.1. The van der Waals surface area contributed by atoms with E-state index >= 15 is 0 Å². The summed E-state index contributed by atoms with van der Waals surface area (Å²) in [4.78, 5) is 50.3. The average molecular weight is 808 g/mol. The monoisotopic (exact) mass is 807 g/mol. The first kappa shape index (κ1) is 38.5. The molecule has 16 heteroatoms. The fraction of sp³-hybridized carbons (Fsp3) is 0.548. The van der Waals surface area contributed by atoms with Crippen molar-refractivity contribution in [2.75, 3.05) is 67.1 Å². The normalized spacial score (nSPS) is 26.1. The number of carbonyl (C=O) groups excluding carboxylic acids is 3. The Bertz CT molecular complexity index is 2190. The Morgan fingerprint density at radius 2 is 1.76 bits per heavy atom. The summed E-state index contributed by atoms with van der Waals surface area (Å²) < 4.78 is 8.73. The van der Waals surface area contributed by atoms with Gasteiger partial charge in [-0.3, -0.25) is 29.1 Å². The number of fused-ring (bicyclic) bond motifs is 1. The number of ether oxygens (including phenoxy) is 1. The van der Waals surface area contributed by atoms with Crippen LogP contribution in [0.2, 0.25) is 0 Å². The molecule has 5 fully saturated rings. The summed E-state index contributed by atoms with van der Waals surface area (Å²) in [5.74, 6) is 1.14. The van der Waals surface area contributed by atoms with Gasteiger partial charge in [0.05, 0.1) is 17.2 Å². The van der Waals surface area contributed by atoms with Gasteiger partial charge < -0.3 is 20.3 Å². The molecule has 2 atom stereocenters. The maximum Gasteiger partial charge on any atom is 0.329 e. The van der Waals surface area contributed by atoms with Gasteiger partial charge in [0.15, 0.2) is 17.1 Å². The molecule has 2 saturated carbocycles. The number of anilines is 3. The van der Waals surface area contributed by atoms with Crippen LogP contribution in [0.5, 0.6) is 0 Å². The van der Waals surface area contributed by atoms with Gasteiger partial charge in [-0.25, -0.2) is 9.78 Å². The van der Waals surface area contributed by atoms with Crippen molar-refractivity contribution in [2.24, 2.45) is 17.1 Å². The third-order valence-corrected chi connectivity index (χ3v) is 14.0. The largest absolute Gasteiger partial charge is 0.369 e. The molecule has 0 bridgehead atoms. The zero-order valence-corrected chi connectivity index (χ0v) is 33.4. The van der Waals surface area contributed by atoms with E-state index in [-0.39, 0.29) is 18.0 Å². The van der Waals surface area contributed by atoms with Crippen LogP contribution in [0, 0.1) is 22.7 Å². The first-order valence-corrected chi connectivity index (χ1v) is 21.1. The number of pyridine rings is 1. The first-order valence-electron chi connectivity index (χ1n) is 20.7.